The lowest BCUT2D eigenvalue weighted by molar-refractivity contribution is 0.0600. The molecule has 3 aromatic rings. The van der Waals surface area contributed by atoms with Crippen LogP contribution in [0.3, 0.4) is 0 Å². The van der Waals surface area contributed by atoms with Gasteiger partial charge in [-0.1, -0.05) is 12.1 Å². The molecule has 1 amide bonds. The Morgan fingerprint density at radius 3 is 2.75 bits per heavy atom. The summed E-state index contributed by atoms with van der Waals surface area (Å²) in [5.41, 5.74) is 2.18. The molecule has 32 heavy (non-hydrogen) atoms. The van der Waals surface area contributed by atoms with E-state index in [1.807, 2.05) is 12.1 Å². The number of hydrogen-bond acceptors (Lipinski definition) is 7. The van der Waals surface area contributed by atoms with Crippen molar-refractivity contribution < 1.29 is 23.8 Å². The van der Waals surface area contributed by atoms with Crippen LogP contribution in [0.1, 0.15) is 26.3 Å². The first-order valence-electron chi connectivity index (χ1n) is 9.72. The van der Waals surface area contributed by atoms with Gasteiger partial charge in [-0.05, 0) is 48.0 Å². The SMILES string of the molecule is COC(=O)c1cccc(NC(=NCc2cccnc2)NC(=O)c2ccc3c(c2)OCO3)c1. The first-order chi connectivity index (χ1) is 15.6. The number of fused-ring (bicyclic) bond motifs is 1. The van der Waals surface area contributed by atoms with Gasteiger partial charge < -0.3 is 19.5 Å². The Morgan fingerprint density at radius 2 is 1.94 bits per heavy atom. The molecule has 0 aliphatic carbocycles. The van der Waals surface area contributed by atoms with Crippen LogP contribution < -0.4 is 20.1 Å². The molecule has 1 aliphatic heterocycles. The molecule has 0 unspecified atom stereocenters. The molecular formula is C23H20N4O5. The number of pyridine rings is 1. The van der Waals surface area contributed by atoms with Gasteiger partial charge in [-0.15, -0.1) is 0 Å². The Kier molecular flexibility index (Phi) is 6.26. The minimum atomic E-state index is -0.466. The minimum absolute atomic E-state index is 0.121. The molecule has 0 fully saturated rings. The molecule has 162 valence electrons. The molecule has 0 saturated carbocycles. The molecule has 0 bridgehead atoms. The van der Waals surface area contributed by atoms with Crippen LogP contribution in [0.15, 0.2) is 72.0 Å². The molecular weight excluding hydrogens is 412 g/mol. The lowest BCUT2D eigenvalue weighted by Crippen LogP contribution is -2.36. The maximum Gasteiger partial charge on any atom is 0.337 e. The van der Waals surface area contributed by atoms with Gasteiger partial charge in [-0.25, -0.2) is 9.79 Å². The summed E-state index contributed by atoms with van der Waals surface area (Å²) in [6.45, 7) is 0.407. The maximum atomic E-state index is 12.9. The molecule has 2 N–H and O–H groups in total. The van der Waals surface area contributed by atoms with Crippen LogP contribution in [0.25, 0.3) is 0 Å². The predicted octanol–water partition coefficient (Wildman–Crippen LogP) is 3.00. The molecule has 0 radical (unpaired) electrons. The number of guanidine groups is 1. The molecule has 0 spiro atoms. The lowest BCUT2D eigenvalue weighted by Gasteiger charge is -2.13. The predicted molar refractivity (Wildman–Crippen MR) is 117 cm³/mol. The van der Waals surface area contributed by atoms with E-state index >= 15 is 0 Å². The number of ether oxygens (including phenoxy) is 3. The van der Waals surface area contributed by atoms with Crippen molar-refractivity contribution in [2.45, 2.75) is 6.54 Å². The fourth-order valence-electron chi connectivity index (χ4n) is 2.97. The highest BCUT2D eigenvalue weighted by molar-refractivity contribution is 6.10. The first kappa shape index (κ1) is 20.9. The third-order valence-corrected chi connectivity index (χ3v) is 4.56. The number of anilines is 1. The van der Waals surface area contributed by atoms with Crippen LogP contribution in [0.2, 0.25) is 0 Å². The normalized spacial score (nSPS) is 12.2. The number of hydrogen-bond donors (Lipinski definition) is 2. The third-order valence-electron chi connectivity index (χ3n) is 4.56. The lowest BCUT2D eigenvalue weighted by atomic mass is 10.2. The molecule has 1 aliphatic rings. The van der Waals surface area contributed by atoms with Crippen molar-refractivity contribution in [1.29, 1.82) is 0 Å². The fraction of sp³-hybridized carbons (Fsp3) is 0.130. The van der Waals surface area contributed by atoms with Gasteiger partial charge in [0.25, 0.3) is 5.91 Å². The molecule has 0 saturated heterocycles. The number of aromatic nitrogens is 1. The van der Waals surface area contributed by atoms with Crippen molar-refractivity contribution >= 4 is 23.5 Å². The molecule has 2 heterocycles. The van der Waals surface area contributed by atoms with Gasteiger partial charge in [-0.3, -0.25) is 15.1 Å². The van der Waals surface area contributed by atoms with Gasteiger partial charge in [0.1, 0.15) is 0 Å². The van der Waals surface area contributed by atoms with Crippen molar-refractivity contribution in [3.8, 4) is 11.5 Å². The van der Waals surface area contributed by atoms with Gasteiger partial charge >= 0.3 is 5.97 Å². The number of carbonyl (C=O) groups is 2. The average Bonchev–Trinajstić information content (AvgIpc) is 3.31. The highest BCUT2D eigenvalue weighted by Gasteiger charge is 2.17. The fourth-order valence-corrected chi connectivity index (χ4v) is 2.97. The smallest absolute Gasteiger partial charge is 0.337 e. The second kappa shape index (κ2) is 9.61. The van der Waals surface area contributed by atoms with Gasteiger partial charge in [0.05, 0.1) is 19.2 Å². The van der Waals surface area contributed by atoms with E-state index in [9.17, 15) is 9.59 Å². The van der Waals surface area contributed by atoms with E-state index in [-0.39, 0.29) is 25.2 Å². The molecule has 9 heteroatoms. The zero-order valence-electron chi connectivity index (χ0n) is 17.2. The van der Waals surface area contributed by atoms with E-state index in [1.54, 1.807) is 54.9 Å². The van der Waals surface area contributed by atoms with Gasteiger partial charge in [-0.2, -0.15) is 0 Å². The summed E-state index contributed by atoms with van der Waals surface area (Å²) in [5, 5.41) is 5.83. The van der Waals surface area contributed by atoms with Crippen LogP contribution in [-0.2, 0) is 11.3 Å². The van der Waals surface area contributed by atoms with Crippen molar-refractivity contribution in [3.63, 3.8) is 0 Å². The zero-order valence-corrected chi connectivity index (χ0v) is 17.2. The summed E-state index contributed by atoms with van der Waals surface area (Å²) in [4.78, 5) is 33.3. The Morgan fingerprint density at radius 1 is 1.06 bits per heavy atom. The van der Waals surface area contributed by atoms with Crippen LogP contribution in [0.5, 0.6) is 11.5 Å². The van der Waals surface area contributed by atoms with Crippen molar-refractivity contribution in [3.05, 3.63) is 83.7 Å². The summed E-state index contributed by atoms with van der Waals surface area (Å²) >= 11 is 0. The van der Waals surface area contributed by atoms with Gasteiger partial charge in [0, 0.05) is 23.6 Å². The zero-order chi connectivity index (χ0) is 22.3. The molecule has 1 aromatic heterocycles. The molecule has 2 aromatic carbocycles. The quantitative estimate of drug-likeness (QED) is 0.362. The van der Waals surface area contributed by atoms with E-state index in [0.717, 1.165) is 5.56 Å². The number of amides is 1. The highest BCUT2D eigenvalue weighted by atomic mass is 16.7. The summed E-state index contributed by atoms with van der Waals surface area (Å²) in [7, 11) is 1.31. The van der Waals surface area contributed by atoms with Crippen molar-refractivity contribution in [2.75, 3.05) is 19.2 Å². The average molecular weight is 432 g/mol. The standard InChI is InChI=1S/C23H20N4O5/c1-30-22(29)17-5-2-6-18(10-17)26-23(25-13-15-4-3-9-24-12-15)27-21(28)16-7-8-19-20(11-16)32-14-31-19/h2-12H,13-14H2,1H3,(H2,25,26,27,28). The third kappa shape index (κ3) is 5.01. The largest absolute Gasteiger partial charge is 0.465 e. The number of esters is 1. The first-order valence-corrected chi connectivity index (χ1v) is 9.72. The summed E-state index contributed by atoms with van der Waals surface area (Å²) < 4.78 is 15.4. The molecule has 9 nitrogen and oxygen atoms in total. The summed E-state index contributed by atoms with van der Waals surface area (Å²) in [6, 6.07) is 15.3. The minimum Gasteiger partial charge on any atom is -0.465 e. The second-order valence-corrected chi connectivity index (χ2v) is 6.75. The van der Waals surface area contributed by atoms with E-state index in [4.69, 9.17) is 14.2 Å². The van der Waals surface area contributed by atoms with E-state index in [1.165, 1.54) is 7.11 Å². The number of nitrogens with zero attached hydrogens (tertiary/aromatic N) is 2. The molecule has 4 rings (SSSR count). The topological polar surface area (TPSA) is 111 Å². The number of methoxy groups -OCH3 is 1. The monoisotopic (exact) mass is 432 g/mol. The Bertz CT molecular complexity index is 1160. The van der Waals surface area contributed by atoms with Gasteiger partial charge in [0.2, 0.25) is 12.8 Å². The maximum absolute atomic E-state index is 12.9. The summed E-state index contributed by atoms with van der Waals surface area (Å²) in [5.74, 6) is 0.449. The van der Waals surface area contributed by atoms with Crippen LogP contribution in [0.4, 0.5) is 5.69 Å². The molecule has 0 atom stereocenters. The number of aliphatic imine (C=N–C) groups is 1. The Hall–Kier alpha value is -4.40. The van der Waals surface area contributed by atoms with Crippen LogP contribution in [-0.4, -0.2) is 36.7 Å². The highest BCUT2D eigenvalue weighted by Crippen LogP contribution is 2.32. The Balaban J connectivity index is 1.56. The van der Waals surface area contributed by atoms with Crippen LogP contribution >= 0.6 is 0 Å². The van der Waals surface area contributed by atoms with Gasteiger partial charge in [0.15, 0.2) is 11.5 Å². The van der Waals surface area contributed by atoms with E-state index < -0.39 is 5.97 Å². The van der Waals surface area contributed by atoms with Crippen molar-refractivity contribution in [1.82, 2.24) is 10.3 Å². The number of carbonyl (C=O) groups excluding carboxylic acids is 2. The van der Waals surface area contributed by atoms with E-state index in [0.29, 0.717) is 28.3 Å². The number of benzene rings is 2. The number of rotatable bonds is 5. The number of nitrogens with one attached hydrogen (secondary N) is 2. The van der Waals surface area contributed by atoms with Crippen LogP contribution in [0, 0.1) is 0 Å². The second-order valence-electron chi connectivity index (χ2n) is 6.75. The Labute approximate surface area is 184 Å². The van der Waals surface area contributed by atoms with E-state index in [2.05, 4.69) is 20.6 Å². The summed E-state index contributed by atoms with van der Waals surface area (Å²) in [6.07, 6.45) is 3.37. The van der Waals surface area contributed by atoms with Crippen molar-refractivity contribution in [2.24, 2.45) is 4.99 Å².